The molecule has 0 aliphatic carbocycles. The van der Waals surface area contributed by atoms with E-state index in [0.717, 1.165) is 31.9 Å². The Labute approximate surface area is 269 Å². The summed E-state index contributed by atoms with van der Waals surface area (Å²) in [6.07, 6.45) is 0.985. The predicted octanol–water partition coefficient (Wildman–Crippen LogP) is 6.51. The zero-order valence-corrected chi connectivity index (χ0v) is 27.6. The topological polar surface area (TPSA) is 86.8 Å². The molecule has 2 atom stereocenters. The van der Waals surface area contributed by atoms with Gasteiger partial charge in [0, 0.05) is 23.5 Å². The third kappa shape index (κ3) is 8.57. The summed E-state index contributed by atoms with van der Waals surface area (Å²) in [6, 6.07) is 31.1. The standard InChI is InChI=1S/C35H38BrN3O4S/c1-4-27(3)37-35(41)33(23-28-12-7-5-8-13-28)38(24-29-14-11-15-30(36)22-29)34(40)25-39(31-20-18-26(2)19-21-31)44(42,43)32-16-9-6-10-17-32/h5-22,27,33H,4,23-25H2,1-3H3,(H,37,41). The van der Waals surface area contributed by atoms with Gasteiger partial charge < -0.3 is 10.2 Å². The molecule has 9 heteroatoms. The quantitative estimate of drug-likeness (QED) is 0.175. The fourth-order valence-electron chi connectivity index (χ4n) is 4.79. The Morgan fingerprint density at radius 3 is 2.07 bits per heavy atom. The average molecular weight is 677 g/mol. The number of carbonyl (C=O) groups excluding carboxylic acids is 2. The molecule has 1 N–H and O–H groups in total. The van der Waals surface area contributed by atoms with Gasteiger partial charge in [-0.05, 0) is 67.8 Å². The lowest BCUT2D eigenvalue weighted by atomic mass is 10.0. The van der Waals surface area contributed by atoms with Gasteiger partial charge in [-0.3, -0.25) is 13.9 Å². The van der Waals surface area contributed by atoms with Crippen LogP contribution in [0, 0.1) is 6.92 Å². The fraction of sp³-hybridized carbons (Fsp3) is 0.257. The fourth-order valence-corrected chi connectivity index (χ4v) is 6.67. The average Bonchev–Trinajstić information content (AvgIpc) is 3.02. The molecule has 230 valence electrons. The highest BCUT2D eigenvalue weighted by Gasteiger charge is 2.35. The minimum absolute atomic E-state index is 0.0715. The number of anilines is 1. The van der Waals surface area contributed by atoms with E-state index in [4.69, 9.17) is 0 Å². The van der Waals surface area contributed by atoms with E-state index in [1.165, 1.54) is 17.0 Å². The molecule has 4 rings (SSSR count). The highest BCUT2D eigenvalue weighted by atomic mass is 79.9. The second-order valence-corrected chi connectivity index (χ2v) is 13.6. The van der Waals surface area contributed by atoms with E-state index in [-0.39, 0.29) is 29.8 Å². The maximum absolute atomic E-state index is 14.5. The Kier molecular flexibility index (Phi) is 11.4. The Morgan fingerprint density at radius 1 is 0.841 bits per heavy atom. The van der Waals surface area contributed by atoms with Crippen LogP contribution in [-0.4, -0.2) is 43.8 Å². The van der Waals surface area contributed by atoms with E-state index in [2.05, 4.69) is 21.2 Å². The van der Waals surface area contributed by atoms with Crippen LogP contribution in [0.15, 0.2) is 119 Å². The normalized spacial score (nSPS) is 12.6. The van der Waals surface area contributed by atoms with Gasteiger partial charge in [-0.25, -0.2) is 8.42 Å². The van der Waals surface area contributed by atoms with Crippen LogP contribution in [-0.2, 0) is 32.6 Å². The molecular weight excluding hydrogens is 638 g/mol. The molecule has 0 aliphatic rings. The second-order valence-electron chi connectivity index (χ2n) is 10.8. The molecule has 7 nitrogen and oxygen atoms in total. The predicted molar refractivity (Wildman–Crippen MR) is 179 cm³/mol. The number of hydrogen-bond acceptors (Lipinski definition) is 4. The van der Waals surface area contributed by atoms with E-state index in [0.29, 0.717) is 5.69 Å². The van der Waals surface area contributed by atoms with Crippen molar-refractivity contribution in [2.45, 2.75) is 57.1 Å². The van der Waals surface area contributed by atoms with Crippen LogP contribution in [0.2, 0.25) is 0 Å². The summed E-state index contributed by atoms with van der Waals surface area (Å²) >= 11 is 3.51. The minimum Gasteiger partial charge on any atom is -0.352 e. The second kappa shape index (κ2) is 15.2. The summed E-state index contributed by atoms with van der Waals surface area (Å²) < 4.78 is 30.0. The third-order valence-corrected chi connectivity index (χ3v) is 9.73. The first-order valence-electron chi connectivity index (χ1n) is 14.6. The molecule has 0 fully saturated rings. The largest absolute Gasteiger partial charge is 0.352 e. The monoisotopic (exact) mass is 675 g/mol. The number of halogens is 1. The van der Waals surface area contributed by atoms with Crippen molar-refractivity contribution in [3.05, 3.63) is 130 Å². The maximum Gasteiger partial charge on any atom is 0.264 e. The van der Waals surface area contributed by atoms with Crippen molar-refractivity contribution in [3.8, 4) is 0 Å². The van der Waals surface area contributed by atoms with Crippen molar-refractivity contribution in [2.24, 2.45) is 0 Å². The number of nitrogens with zero attached hydrogens (tertiary/aromatic N) is 2. The highest BCUT2D eigenvalue weighted by Crippen LogP contribution is 2.26. The first-order valence-corrected chi connectivity index (χ1v) is 16.8. The van der Waals surface area contributed by atoms with Crippen LogP contribution >= 0.6 is 15.9 Å². The molecule has 0 heterocycles. The van der Waals surface area contributed by atoms with E-state index in [1.54, 1.807) is 30.3 Å². The first-order chi connectivity index (χ1) is 21.1. The molecule has 4 aromatic carbocycles. The molecule has 0 spiro atoms. The molecule has 0 saturated heterocycles. The molecule has 0 aromatic heterocycles. The summed E-state index contributed by atoms with van der Waals surface area (Å²) in [5.41, 5.74) is 3.00. The van der Waals surface area contributed by atoms with Crippen molar-refractivity contribution < 1.29 is 18.0 Å². The van der Waals surface area contributed by atoms with Gasteiger partial charge >= 0.3 is 0 Å². The lowest BCUT2D eigenvalue weighted by molar-refractivity contribution is -0.140. The number of carbonyl (C=O) groups is 2. The lowest BCUT2D eigenvalue weighted by Crippen LogP contribution is -2.54. The van der Waals surface area contributed by atoms with Crippen LogP contribution in [0.5, 0.6) is 0 Å². The number of hydrogen-bond donors (Lipinski definition) is 1. The third-order valence-electron chi connectivity index (χ3n) is 7.45. The van der Waals surface area contributed by atoms with Crippen molar-refractivity contribution in [1.82, 2.24) is 10.2 Å². The van der Waals surface area contributed by atoms with E-state index in [9.17, 15) is 18.0 Å². The van der Waals surface area contributed by atoms with E-state index in [1.807, 2.05) is 87.5 Å². The van der Waals surface area contributed by atoms with E-state index < -0.39 is 28.5 Å². The van der Waals surface area contributed by atoms with Crippen LogP contribution in [0.25, 0.3) is 0 Å². The molecule has 0 aliphatic heterocycles. The number of nitrogens with one attached hydrogen (secondary N) is 1. The molecule has 0 radical (unpaired) electrons. The van der Waals surface area contributed by atoms with Gasteiger partial charge in [0.2, 0.25) is 11.8 Å². The van der Waals surface area contributed by atoms with Crippen molar-refractivity contribution in [3.63, 3.8) is 0 Å². The van der Waals surface area contributed by atoms with Gasteiger partial charge in [0.25, 0.3) is 10.0 Å². The Balaban J connectivity index is 1.80. The Hall–Kier alpha value is -3.95. The molecule has 0 bridgehead atoms. The maximum atomic E-state index is 14.5. The minimum atomic E-state index is -4.13. The number of rotatable bonds is 13. The van der Waals surface area contributed by atoms with E-state index >= 15 is 0 Å². The van der Waals surface area contributed by atoms with Gasteiger partial charge in [-0.15, -0.1) is 0 Å². The summed E-state index contributed by atoms with van der Waals surface area (Å²) in [6.45, 7) is 5.43. The molecule has 4 aromatic rings. The van der Waals surface area contributed by atoms with Crippen LogP contribution in [0.3, 0.4) is 0 Å². The van der Waals surface area contributed by atoms with Gasteiger partial charge in [0.05, 0.1) is 10.6 Å². The molecule has 0 saturated carbocycles. The summed E-state index contributed by atoms with van der Waals surface area (Å²) in [5.74, 6) is -0.787. The number of aryl methyl sites for hydroxylation is 1. The number of benzene rings is 4. The lowest BCUT2D eigenvalue weighted by Gasteiger charge is -2.34. The van der Waals surface area contributed by atoms with Crippen molar-refractivity contribution >= 4 is 43.5 Å². The SMILES string of the molecule is CCC(C)NC(=O)C(Cc1ccccc1)N(Cc1cccc(Br)c1)C(=O)CN(c1ccc(C)cc1)S(=O)(=O)c1ccccc1. The van der Waals surface area contributed by atoms with Gasteiger partial charge in [-0.2, -0.15) is 0 Å². The number of sulfonamides is 1. The van der Waals surface area contributed by atoms with Gasteiger partial charge in [-0.1, -0.05) is 101 Å². The van der Waals surface area contributed by atoms with Crippen molar-refractivity contribution in [2.75, 3.05) is 10.8 Å². The molecule has 2 unspecified atom stereocenters. The summed E-state index contributed by atoms with van der Waals surface area (Å²) in [4.78, 5) is 29.9. The zero-order chi connectivity index (χ0) is 31.7. The van der Waals surface area contributed by atoms with Crippen LogP contribution < -0.4 is 9.62 Å². The summed E-state index contributed by atoms with van der Waals surface area (Å²) in [7, 11) is -4.13. The smallest absolute Gasteiger partial charge is 0.264 e. The zero-order valence-electron chi connectivity index (χ0n) is 25.2. The highest BCUT2D eigenvalue weighted by molar-refractivity contribution is 9.10. The van der Waals surface area contributed by atoms with Crippen LogP contribution in [0.4, 0.5) is 5.69 Å². The molecule has 2 amide bonds. The number of amides is 2. The first kappa shape index (κ1) is 33.0. The van der Waals surface area contributed by atoms with Crippen molar-refractivity contribution in [1.29, 1.82) is 0 Å². The Bertz CT molecular complexity index is 1650. The van der Waals surface area contributed by atoms with Gasteiger partial charge in [0.1, 0.15) is 12.6 Å². The van der Waals surface area contributed by atoms with Crippen LogP contribution in [0.1, 0.15) is 37.0 Å². The Morgan fingerprint density at radius 2 is 1.45 bits per heavy atom. The summed E-state index contributed by atoms with van der Waals surface area (Å²) in [5, 5.41) is 3.06. The molecule has 44 heavy (non-hydrogen) atoms. The van der Waals surface area contributed by atoms with Gasteiger partial charge in [0.15, 0.2) is 0 Å². The molecular formula is C35H38BrN3O4S.